The number of aliphatic hydroxyl groups is 1. The molecular formula is C11H15NO5. The maximum atomic E-state index is 10.8. The van der Waals surface area contributed by atoms with Gasteiger partial charge in [0.15, 0.2) is 11.5 Å². The molecule has 0 radical (unpaired) electrons. The third kappa shape index (κ3) is 3.33. The number of hydrogen-bond acceptors (Lipinski definition) is 5. The van der Waals surface area contributed by atoms with Crippen molar-refractivity contribution in [2.75, 3.05) is 13.7 Å². The molecule has 0 spiro atoms. The highest BCUT2D eigenvalue weighted by Crippen LogP contribution is 2.28. The molecule has 17 heavy (non-hydrogen) atoms. The minimum Gasteiger partial charge on any atom is -0.493 e. The van der Waals surface area contributed by atoms with E-state index in [1.807, 2.05) is 0 Å². The fourth-order valence-electron chi connectivity index (χ4n) is 1.26. The predicted molar refractivity (Wildman–Crippen MR) is 60.0 cm³/mol. The van der Waals surface area contributed by atoms with Gasteiger partial charge in [0.05, 0.1) is 13.7 Å². The van der Waals surface area contributed by atoms with Crippen LogP contribution in [0.3, 0.4) is 0 Å². The molecular weight excluding hydrogens is 226 g/mol. The van der Waals surface area contributed by atoms with E-state index in [1.165, 1.54) is 13.2 Å². The van der Waals surface area contributed by atoms with Crippen molar-refractivity contribution in [2.24, 2.45) is 5.73 Å². The summed E-state index contributed by atoms with van der Waals surface area (Å²) in [7, 11) is 1.43. The SMILES string of the molecule is COc1cc(CO)ccc1OC(CN)C(=O)O. The van der Waals surface area contributed by atoms with Crippen molar-refractivity contribution in [1.82, 2.24) is 0 Å². The molecule has 4 N–H and O–H groups in total. The Morgan fingerprint density at radius 2 is 2.18 bits per heavy atom. The van der Waals surface area contributed by atoms with Crippen LogP contribution >= 0.6 is 0 Å². The van der Waals surface area contributed by atoms with Crippen LogP contribution in [0.1, 0.15) is 5.56 Å². The average molecular weight is 241 g/mol. The summed E-state index contributed by atoms with van der Waals surface area (Å²) in [6, 6.07) is 4.73. The van der Waals surface area contributed by atoms with E-state index in [0.717, 1.165) is 0 Å². The predicted octanol–water partition coefficient (Wildman–Crippen LogP) is -0.0218. The van der Waals surface area contributed by atoms with E-state index in [0.29, 0.717) is 11.3 Å². The Morgan fingerprint density at radius 3 is 2.65 bits per heavy atom. The highest BCUT2D eigenvalue weighted by Gasteiger charge is 2.19. The molecule has 1 aromatic carbocycles. The van der Waals surface area contributed by atoms with Crippen LogP contribution < -0.4 is 15.2 Å². The summed E-state index contributed by atoms with van der Waals surface area (Å²) in [5.41, 5.74) is 5.93. The lowest BCUT2D eigenvalue weighted by Crippen LogP contribution is -2.34. The van der Waals surface area contributed by atoms with Gasteiger partial charge in [0, 0.05) is 6.54 Å². The lowest BCUT2D eigenvalue weighted by Gasteiger charge is -2.16. The van der Waals surface area contributed by atoms with Crippen molar-refractivity contribution >= 4 is 5.97 Å². The molecule has 0 aliphatic rings. The number of carboxylic acids is 1. The molecule has 1 aromatic rings. The van der Waals surface area contributed by atoms with Gasteiger partial charge in [-0.3, -0.25) is 0 Å². The number of nitrogens with two attached hydrogens (primary N) is 1. The fourth-order valence-corrected chi connectivity index (χ4v) is 1.26. The van der Waals surface area contributed by atoms with Gasteiger partial charge in [-0.25, -0.2) is 4.79 Å². The highest BCUT2D eigenvalue weighted by molar-refractivity contribution is 5.73. The molecule has 6 nitrogen and oxygen atoms in total. The van der Waals surface area contributed by atoms with E-state index in [1.54, 1.807) is 12.1 Å². The maximum Gasteiger partial charge on any atom is 0.346 e. The van der Waals surface area contributed by atoms with Crippen LogP contribution in [-0.2, 0) is 11.4 Å². The van der Waals surface area contributed by atoms with Crippen LogP contribution in [0.5, 0.6) is 11.5 Å². The molecule has 0 amide bonds. The zero-order chi connectivity index (χ0) is 12.8. The van der Waals surface area contributed by atoms with Gasteiger partial charge in [-0.1, -0.05) is 6.07 Å². The zero-order valence-corrected chi connectivity index (χ0v) is 9.42. The van der Waals surface area contributed by atoms with Crippen molar-refractivity contribution in [3.63, 3.8) is 0 Å². The Hall–Kier alpha value is -1.79. The second kappa shape index (κ2) is 6.07. The number of rotatable bonds is 6. The van der Waals surface area contributed by atoms with Crippen molar-refractivity contribution in [1.29, 1.82) is 0 Å². The third-order valence-corrected chi connectivity index (χ3v) is 2.17. The summed E-state index contributed by atoms with van der Waals surface area (Å²) in [6.07, 6.45) is -1.12. The van der Waals surface area contributed by atoms with Crippen molar-refractivity contribution in [2.45, 2.75) is 12.7 Å². The smallest absolute Gasteiger partial charge is 0.346 e. The van der Waals surface area contributed by atoms with Gasteiger partial charge in [0.25, 0.3) is 0 Å². The number of aliphatic hydroxyl groups excluding tert-OH is 1. The number of aliphatic carboxylic acids is 1. The molecule has 0 heterocycles. The summed E-state index contributed by atoms with van der Waals surface area (Å²) in [5.74, 6) is -0.500. The van der Waals surface area contributed by atoms with Crippen molar-refractivity contribution in [3.8, 4) is 11.5 Å². The van der Waals surface area contributed by atoms with E-state index in [4.69, 9.17) is 25.4 Å². The number of ether oxygens (including phenoxy) is 2. The Labute approximate surface area is 98.6 Å². The fraction of sp³-hybridized carbons (Fsp3) is 0.364. The summed E-state index contributed by atoms with van der Waals surface area (Å²) in [5, 5.41) is 17.8. The minimum atomic E-state index is -1.14. The van der Waals surface area contributed by atoms with Gasteiger partial charge in [-0.05, 0) is 17.7 Å². The maximum absolute atomic E-state index is 10.8. The Morgan fingerprint density at radius 1 is 1.47 bits per heavy atom. The summed E-state index contributed by atoms with van der Waals surface area (Å²) >= 11 is 0. The molecule has 0 bridgehead atoms. The first-order valence-corrected chi connectivity index (χ1v) is 4.99. The van der Waals surface area contributed by atoms with Crippen molar-refractivity contribution in [3.05, 3.63) is 23.8 Å². The lowest BCUT2D eigenvalue weighted by molar-refractivity contribution is -0.144. The molecule has 0 saturated carbocycles. The van der Waals surface area contributed by atoms with Crippen LogP contribution in [0.15, 0.2) is 18.2 Å². The minimum absolute atomic E-state index is 0.129. The molecule has 1 atom stereocenters. The topological polar surface area (TPSA) is 102 Å². The molecule has 0 fully saturated rings. The lowest BCUT2D eigenvalue weighted by atomic mass is 10.2. The first kappa shape index (κ1) is 13.3. The Bertz CT molecular complexity index is 393. The summed E-state index contributed by atoms with van der Waals surface area (Å²) < 4.78 is 10.3. The second-order valence-electron chi connectivity index (χ2n) is 3.32. The number of carbonyl (C=O) groups is 1. The number of benzene rings is 1. The van der Waals surface area contributed by atoms with Crippen LogP contribution in [0.25, 0.3) is 0 Å². The number of carboxylic acid groups (broad SMARTS) is 1. The molecule has 0 saturated heterocycles. The van der Waals surface area contributed by atoms with Crippen LogP contribution in [0.2, 0.25) is 0 Å². The van der Waals surface area contributed by atoms with E-state index in [-0.39, 0.29) is 18.9 Å². The van der Waals surface area contributed by atoms with Gasteiger partial charge >= 0.3 is 5.97 Å². The third-order valence-electron chi connectivity index (χ3n) is 2.17. The monoisotopic (exact) mass is 241 g/mol. The second-order valence-corrected chi connectivity index (χ2v) is 3.32. The molecule has 0 aliphatic carbocycles. The number of hydrogen-bond donors (Lipinski definition) is 3. The quantitative estimate of drug-likeness (QED) is 0.646. The van der Waals surface area contributed by atoms with Gasteiger partial charge in [-0.15, -0.1) is 0 Å². The Balaban J connectivity index is 2.93. The van der Waals surface area contributed by atoms with Crippen LogP contribution in [0.4, 0.5) is 0 Å². The molecule has 1 unspecified atom stereocenters. The summed E-state index contributed by atoms with van der Waals surface area (Å²) in [4.78, 5) is 10.8. The van der Waals surface area contributed by atoms with Gasteiger partial charge in [0.1, 0.15) is 0 Å². The molecule has 94 valence electrons. The average Bonchev–Trinajstić information content (AvgIpc) is 2.35. The first-order chi connectivity index (χ1) is 8.12. The van der Waals surface area contributed by atoms with Gasteiger partial charge in [-0.2, -0.15) is 0 Å². The zero-order valence-electron chi connectivity index (χ0n) is 9.42. The Kier molecular flexibility index (Phi) is 4.74. The molecule has 1 rings (SSSR count). The van der Waals surface area contributed by atoms with Gasteiger partial charge < -0.3 is 25.4 Å². The van der Waals surface area contributed by atoms with Crippen LogP contribution in [0, 0.1) is 0 Å². The van der Waals surface area contributed by atoms with Crippen molar-refractivity contribution < 1.29 is 24.5 Å². The van der Waals surface area contributed by atoms with E-state index < -0.39 is 12.1 Å². The van der Waals surface area contributed by atoms with Gasteiger partial charge in [0.2, 0.25) is 6.10 Å². The molecule has 0 aromatic heterocycles. The normalized spacial score (nSPS) is 11.9. The largest absolute Gasteiger partial charge is 0.493 e. The molecule has 0 aliphatic heterocycles. The number of methoxy groups -OCH3 is 1. The molecule has 6 heteroatoms. The summed E-state index contributed by atoms with van der Waals surface area (Å²) in [6.45, 7) is -0.268. The van der Waals surface area contributed by atoms with E-state index in [2.05, 4.69) is 0 Å². The van der Waals surface area contributed by atoms with E-state index in [9.17, 15) is 4.79 Å². The first-order valence-electron chi connectivity index (χ1n) is 4.99. The highest BCUT2D eigenvalue weighted by atomic mass is 16.5. The van der Waals surface area contributed by atoms with E-state index >= 15 is 0 Å². The standard InChI is InChI=1S/C11H15NO5/c1-16-9-4-7(6-13)2-3-8(9)17-10(5-12)11(14)15/h2-4,10,13H,5-6,12H2,1H3,(H,14,15). The van der Waals surface area contributed by atoms with Crippen LogP contribution in [-0.4, -0.2) is 35.9 Å².